The van der Waals surface area contributed by atoms with E-state index in [2.05, 4.69) is 11.4 Å². The zero-order valence-electron chi connectivity index (χ0n) is 13.8. The molecular weight excluding hydrogens is 338 g/mol. The zero-order valence-corrected chi connectivity index (χ0v) is 14.7. The maximum Gasteiger partial charge on any atom is 0.252 e. The van der Waals surface area contributed by atoms with Crippen molar-refractivity contribution in [1.82, 2.24) is 10.2 Å². The standard InChI is InChI=1S/C18H19N3O3S/c1-24-11-16(22)21-8-7-13-14(9-19)18(25-15(13)10-21)20-17(23)12-5-3-2-4-6-12/h2-6,10,13-14,18H,7-8,11H2,1H3,(H,20,23). The largest absolute Gasteiger partial charge is 0.375 e. The van der Waals surface area contributed by atoms with E-state index in [9.17, 15) is 14.9 Å². The molecule has 2 aliphatic heterocycles. The van der Waals surface area contributed by atoms with Crippen molar-refractivity contribution in [2.75, 3.05) is 20.3 Å². The number of carbonyl (C=O) groups excluding carboxylic acids is 2. The van der Waals surface area contributed by atoms with Gasteiger partial charge in [-0.05, 0) is 18.6 Å². The van der Waals surface area contributed by atoms with Gasteiger partial charge in [-0.2, -0.15) is 5.26 Å². The molecule has 3 atom stereocenters. The van der Waals surface area contributed by atoms with Gasteiger partial charge >= 0.3 is 0 Å². The molecule has 0 aliphatic carbocycles. The second-order valence-electron chi connectivity index (χ2n) is 5.98. The molecule has 25 heavy (non-hydrogen) atoms. The van der Waals surface area contributed by atoms with Gasteiger partial charge in [0, 0.05) is 36.2 Å². The van der Waals surface area contributed by atoms with Gasteiger partial charge in [0.2, 0.25) is 0 Å². The number of rotatable bonds is 4. The molecule has 7 heteroatoms. The molecule has 1 aromatic carbocycles. The van der Waals surface area contributed by atoms with Crippen LogP contribution in [0.3, 0.4) is 0 Å². The minimum atomic E-state index is -0.313. The molecule has 3 rings (SSSR count). The summed E-state index contributed by atoms with van der Waals surface area (Å²) in [5.41, 5.74) is 0.570. The fourth-order valence-corrected chi connectivity index (χ4v) is 4.61. The molecule has 0 bridgehead atoms. The average Bonchev–Trinajstić information content (AvgIpc) is 2.98. The van der Waals surface area contributed by atoms with Crippen LogP contribution in [0.25, 0.3) is 0 Å². The van der Waals surface area contributed by atoms with Gasteiger partial charge in [-0.15, -0.1) is 11.8 Å². The quantitative estimate of drug-likeness (QED) is 0.891. The second kappa shape index (κ2) is 7.72. The number of nitrogens with zero attached hydrogens (tertiary/aromatic N) is 2. The number of thioether (sulfide) groups is 1. The molecule has 1 aromatic rings. The van der Waals surface area contributed by atoms with Gasteiger partial charge in [-0.1, -0.05) is 18.2 Å². The highest BCUT2D eigenvalue weighted by molar-refractivity contribution is 8.04. The molecular formula is C18H19N3O3S. The lowest BCUT2D eigenvalue weighted by atomic mass is 9.88. The Bertz CT molecular complexity index is 729. The molecule has 2 aliphatic rings. The van der Waals surface area contributed by atoms with Crippen LogP contribution in [0.5, 0.6) is 0 Å². The molecule has 0 spiro atoms. The number of hydrogen-bond acceptors (Lipinski definition) is 5. The molecule has 0 aromatic heterocycles. The van der Waals surface area contributed by atoms with Crippen LogP contribution in [0.4, 0.5) is 0 Å². The normalized spacial score (nSPS) is 24.9. The summed E-state index contributed by atoms with van der Waals surface area (Å²) in [7, 11) is 1.49. The van der Waals surface area contributed by atoms with Crippen molar-refractivity contribution in [3.8, 4) is 6.07 Å². The maximum atomic E-state index is 12.4. The van der Waals surface area contributed by atoms with E-state index in [-0.39, 0.29) is 35.6 Å². The first kappa shape index (κ1) is 17.5. The van der Waals surface area contributed by atoms with Crippen LogP contribution in [0.2, 0.25) is 0 Å². The van der Waals surface area contributed by atoms with Crippen molar-refractivity contribution in [2.24, 2.45) is 11.8 Å². The van der Waals surface area contributed by atoms with Crippen molar-refractivity contribution < 1.29 is 14.3 Å². The van der Waals surface area contributed by atoms with Crippen molar-refractivity contribution in [2.45, 2.75) is 11.8 Å². The lowest BCUT2D eigenvalue weighted by Crippen LogP contribution is -2.38. The summed E-state index contributed by atoms with van der Waals surface area (Å²) in [5.74, 6) is -0.532. The lowest BCUT2D eigenvalue weighted by Gasteiger charge is -2.27. The molecule has 2 amide bonds. The highest BCUT2D eigenvalue weighted by Crippen LogP contribution is 2.48. The summed E-state index contributed by atoms with van der Waals surface area (Å²) in [4.78, 5) is 27.0. The van der Waals surface area contributed by atoms with Crippen LogP contribution < -0.4 is 5.32 Å². The third-order valence-electron chi connectivity index (χ3n) is 4.40. The summed E-state index contributed by atoms with van der Waals surface area (Å²) in [5, 5.41) is 12.2. The third kappa shape index (κ3) is 3.70. The number of hydrogen-bond donors (Lipinski definition) is 1. The van der Waals surface area contributed by atoms with E-state index in [1.165, 1.54) is 18.9 Å². The Labute approximate surface area is 150 Å². The van der Waals surface area contributed by atoms with E-state index in [4.69, 9.17) is 4.74 Å². The van der Waals surface area contributed by atoms with Gasteiger partial charge in [0.05, 0.1) is 17.4 Å². The van der Waals surface area contributed by atoms with E-state index in [1.54, 1.807) is 35.4 Å². The van der Waals surface area contributed by atoms with Crippen LogP contribution in [0, 0.1) is 23.2 Å². The monoisotopic (exact) mass is 357 g/mol. The molecule has 1 saturated heterocycles. The van der Waals surface area contributed by atoms with E-state index in [0.29, 0.717) is 18.5 Å². The predicted molar refractivity (Wildman–Crippen MR) is 94.2 cm³/mol. The number of fused-ring (bicyclic) bond motifs is 1. The molecule has 130 valence electrons. The van der Waals surface area contributed by atoms with Gasteiger partial charge < -0.3 is 15.0 Å². The van der Waals surface area contributed by atoms with Crippen LogP contribution in [0.1, 0.15) is 16.8 Å². The zero-order chi connectivity index (χ0) is 17.8. The summed E-state index contributed by atoms with van der Waals surface area (Å²) < 4.78 is 4.90. The SMILES string of the molecule is COCC(=O)N1C=C2SC(NC(=O)c3ccccc3)C(C#N)C2CC1. The third-order valence-corrected chi connectivity index (χ3v) is 5.74. The summed E-state index contributed by atoms with van der Waals surface area (Å²) in [6.07, 6.45) is 2.52. The Morgan fingerprint density at radius 2 is 2.16 bits per heavy atom. The summed E-state index contributed by atoms with van der Waals surface area (Å²) in [6, 6.07) is 11.3. The van der Waals surface area contributed by atoms with Gasteiger partial charge in [0.25, 0.3) is 11.8 Å². The topological polar surface area (TPSA) is 82.4 Å². The Morgan fingerprint density at radius 3 is 2.84 bits per heavy atom. The van der Waals surface area contributed by atoms with Crippen molar-refractivity contribution in [3.63, 3.8) is 0 Å². The minimum Gasteiger partial charge on any atom is -0.375 e. The van der Waals surface area contributed by atoms with Gasteiger partial charge in [0.15, 0.2) is 0 Å². The maximum absolute atomic E-state index is 12.4. The highest BCUT2D eigenvalue weighted by Gasteiger charge is 2.43. The number of amides is 2. The Hall–Kier alpha value is -2.30. The Kier molecular flexibility index (Phi) is 5.41. The molecule has 0 radical (unpaired) electrons. The van der Waals surface area contributed by atoms with E-state index in [0.717, 1.165) is 4.91 Å². The number of nitriles is 1. The number of allylic oxidation sites excluding steroid dienone is 1. The fourth-order valence-electron chi connectivity index (χ4n) is 3.12. The van der Waals surface area contributed by atoms with Crippen LogP contribution >= 0.6 is 11.8 Å². The first-order valence-corrected chi connectivity index (χ1v) is 8.94. The highest BCUT2D eigenvalue weighted by atomic mass is 32.2. The number of nitrogens with one attached hydrogen (secondary N) is 1. The number of benzene rings is 1. The van der Waals surface area contributed by atoms with Gasteiger partial charge in [-0.3, -0.25) is 9.59 Å². The lowest BCUT2D eigenvalue weighted by molar-refractivity contribution is -0.132. The molecule has 0 saturated carbocycles. The number of ether oxygens (including phenoxy) is 1. The molecule has 6 nitrogen and oxygen atoms in total. The average molecular weight is 357 g/mol. The van der Waals surface area contributed by atoms with E-state index < -0.39 is 0 Å². The van der Waals surface area contributed by atoms with Gasteiger partial charge in [0.1, 0.15) is 6.61 Å². The smallest absolute Gasteiger partial charge is 0.252 e. The molecule has 1 fully saturated rings. The second-order valence-corrected chi connectivity index (χ2v) is 7.19. The predicted octanol–water partition coefficient (Wildman–Crippen LogP) is 1.97. The fraction of sp³-hybridized carbons (Fsp3) is 0.389. The first-order valence-electron chi connectivity index (χ1n) is 8.06. The van der Waals surface area contributed by atoms with E-state index in [1.807, 2.05) is 6.07 Å². The van der Waals surface area contributed by atoms with Crippen molar-refractivity contribution >= 4 is 23.6 Å². The Morgan fingerprint density at radius 1 is 1.40 bits per heavy atom. The van der Waals surface area contributed by atoms with Crippen LogP contribution in [-0.2, 0) is 9.53 Å². The van der Waals surface area contributed by atoms with Crippen LogP contribution in [0.15, 0.2) is 41.4 Å². The van der Waals surface area contributed by atoms with Gasteiger partial charge in [-0.25, -0.2) is 0 Å². The molecule has 2 heterocycles. The summed E-state index contributed by atoms with van der Waals surface area (Å²) >= 11 is 1.46. The van der Waals surface area contributed by atoms with Crippen molar-refractivity contribution in [3.05, 3.63) is 47.0 Å². The number of methoxy groups -OCH3 is 1. The minimum absolute atomic E-state index is 0.0367. The number of carbonyl (C=O) groups is 2. The van der Waals surface area contributed by atoms with Crippen LogP contribution in [-0.4, -0.2) is 42.3 Å². The Balaban J connectivity index is 1.73. The summed E-state index contributed by atoms with van der Waals surface area (Å²) in [6.45, 7) is 0.601. The van der Waals surface area contributed by atoms with E-state index >= 15 is 0 Å². The first-order chi connectivity index (χ1) is 12.1. The molecule has 3 unspecified atom stereocenters. The van der Waals surface area contributed by atoms with Crippen molar-refractivity contribution in [1.29, 1.82) is 5.26 Å². The molecule has 1 N–H and O–H groups in total.